The number of pyridine rings is 1. The van der Waals surface area contributed by atoms with Gasteiger partial charge < -0.3 is 10.2 Å². The van der Waals surface area contributed by atoms with E-state index in [4.69, 9.17) is 0 Å². The van der Waals surface area contributed by atoms with Crippen molar-refractivity contribution in [3.8, 4) is 0 Å². The predicted molar refractivity (Wildman–Crippen MR) is 127 cm³/mol. The molecule has 2 amide bonds. The van der Waals surface area contributed by atoms with Gasteiger partial charge in [-0.2, -0.15) is 9.49 Å². The smallest absolute Gasteiger partial charge is 0.282 e. The lowest BCUT2D eigenvalue weighted by molar-refractivity contribution is -0.139. The van der Waals surface area contributed by atoms with Gasteiger partial charge in [-0.15, -0.1) is 0 Å². The molecule has 0 radical (unpaired) electrons. The topological polar surface area (TPSA) is 80.1 Å². The van der Waals surface area contributed by atoms with Gasteiger partial charge in [0.25, 0.3) is 6.43 Å². The summed E-state index contributed by atoms with van der Waals surface area (Å²) in [6.45, 7) is 2.94. The fraction of sp³-hybridized carbons (Fsp3) is 0.385. The lowest BCUT2D eigenvalue weighted by atomic mass is 9.99. The van der Waals surface area contributed by atoms with Crippen LogP contribution in [0.2, 0.25) is 0 Å². The second-order valence-electron chi connectivity index (χ2n) is 9.26. The fourth-order valence-corrected chi connectivity index (χ4v) is 4.38. The number of nitrogens with one attached hydrogen (secondary N) is 1. The monoisotopic (exact) mass is 517 g/mol. The van der Waals surface area contributed by atoms with Crippen LogP contribution in [0.3, 0.4) is 0 Å². The first-order chi connectivity index (χ1) is 17.6. The molecule has 1 aliphatic heterocycles. The standard InChI is InChI=1S/C26H27F4N5O2/c1-15(2)18-8-9-19(31-25(18)30)23(16-6-4-3-5-7-16)32-26(37)21-12-17(27)13-35(21)22(36)14-34-11-10-20(33-34)24(28)29/h3-11,15,17,21,23-24H,12-14H2,1-2H3,(H,32,37). The van der Waals surface area contributed by atoms with Gasteiger partial charge in [0.05, 0.1) is 18.3 Å². The molecule has 1 N–H and O–H groups in total. The van der Waals surface area contributed by atoms with Gasteiger partial charge in [-0.3, -0.25) is 14.3 Å². The molecule has 4 rings (SSSR count). The van der Waals surface area contributed by atoms with Crippen LogP contribution in [0, 0.1) is 5.95 Å². The van der Waals surface area contributed by atoms with Crippen molar-refractivity contribution in [1.29, 1.82) is 0 Å². The average molecular weight is 518 g/mol. The van der Waals surface area contributed by atoms with Crippen LogP contribution in [0.5, 0.6) is 0 Å². The summed E-state index contributed by atoms with van der Waals surface area (Å²) in [6.07, 6.45) is -3.23. The molecule has 3 unspecified atom stereocenters. The van der Waals surface area contributed by atoms with E-state index in [1.54, 1.807) is 42.5 Å². The number of hydrogen-bond donors (Lipinski definition) is 1. The number of carbonyl (C=O) groups excluding carboxylic acids is 2. The molecule has 11 heteroatoms. The molecule has 196 valence electrons. The number of halogens is 4. The first-order valence-corrected chi connectivity index (χ1v) is 11.9. The SMILES string of the molecule is CC(C)c1ccc(C(NC(=O)C2CC(F)CN2C(=O)Cn2ccc(C(F)F)n2)c2ccccc2)nc1F. The highest BCUT2D eigenvalue weighted by molar-refractivity contribution is 5.88. The van der Waals surface area contributed by atoms with Crippen molar-refractivity contribution in [3.05, 3.63) is 83.2 Å². The summed E-state index contributed by atoms with van der Waals surface area (Å²) < 4.78 is 55.8. The van der Waals surface area contributed by atoms with Gasteiger partial charge >= 0.3 is 0 Å². The zero-order valence-corrected chi connectivity index (χ0v) is 20.3. The summed E-state index contributed by atoms with van der Waals surface area (Å²) in [4.78, 5) is 31.4. The van der Waals surface area contributed by atoms with Gasteiger partial charge in [-0.25, -0.2) is 18.2 Å². The second kappa shape index (κ2) is 11.1. The Kier molecular flexibility index (Phi) is 7.89. The van der Waals surface area contributed by atoms with E-state index in [-0.39, 0.29) is 24.6 Å². The Balaban J connectivity index is 1.56. The first-order valence-electron chi connectivity index (χ1n) is 11.9. The maximum atomic E-state index is 14.7. The van der Waals surface area contributed by atoms with Crippen LogP contribution in [0.15, 0.2) is 54.7 Å². The highest BCUT2D eigenvalue weighted by atomic mass is 19.3. The van der Waals surface area contributed by atoms with Gasteiger partial charge in [0.1, 0.15) is 24.5 Å². The number of hydrogen-bond acceptors (Lipinski definition) is 4. The lowest BCUT2D eigenvalue weighted by Gasteiger charge is -2.26. The number of rotatable bonds is 8. The van der Waals surface area contributed by atoms with Crippen LogP contribution in [0.25, 0.3) is 0 Å². The number of nitrogens with zero attached hydrogens (tertiary/aromatic N) is 4. The zero-order valence-electron chi connectivity index (χ0n) is 20.3. The van der Waals surface area contributed by atoms with E-state index in [0.29, 0.717) is 11.1 Å². The van der Waals surface area contributed by atoms with E-state index in [9.17, 15) is 27.2 Å². The molecule has 1 fully saturated rings. The summed E-state index contributed by atoms with van der Waals surface area (Å²) >= 11 is 0. The zero-order chi connectivity index (χ0) is 26.7. The third-order valence-electron chi connectivity index (χ3n) is 6.29. The maximum absolute atomic E-state index is 14.7. The van der Waals surface area contributed by atoms with Gasteiger partial charge in [0.2, 0.25) is 17.8 Å². The minimum atomic E-state index is -2.79. The molecule has 3 heterocycles. The van der Waals surface area contributed by atoms with Gasteiger partial charge in [0.15, 0.2) is 0 Å². The highest BCUT2D eigenvalue weighted by Crippen LogP contribution is 2.27. The Hall–Kier alpha value is -3.76. The van der Waals surface area contributed by atoms with E-state index in [2.05, 4.69) is 15.4 Å². The number of amides is 2. The van der Waals surface area contributed by atoms with Crippen molar-refractivity contribution in [3.63, 3.8) is 0 Å². The molecule has 1 aromatic carbocycles. The van der Waals surface area contributed by atoms with Crippen LogP contribution < -0.4 is 5.32 Å². The van der Waals surface area contributed by atoms with E-state index in [1.807, 2.05) is 13.8 Å². The molecule has 0 bridgehead atoms. The Morgan fingerprint density at radius 1 is 1.08 bits per heavy atom. The molecule has 37 heavy (non-hydrogen) atoms. The van der Waals surface area contributed by atoms with Crippen LogP contribution >= 0.6 is 0 Å². The normalized spacial score (nSPS) is 18.4. The minimum absolute atomic E-state index is 0.0857. The van der Waals surface area contributed by atoms with Crippen molar-refractivity contribution < 1.29 is 27.2 Å². The third kappa shape index (κ3) is 5.98. The molecule has 0 saturated carbocycles. The Labute approximate surface area is 211 Å². The molecule has 1 aliphatic rings. The second-order valence-corrected chi connectivity index (χ2v) is 9.26. The lowest BCUT2D eigenvalue weighted by Crippen LogP contribution is -2.48. The number of likely N-dealkylation sites (tertiary alicyclic amines) is 1. The van der Waals surface area contributed by atoms with Crippen molar-refractivity contribution >= 4 is 11.8 Å². The summed E-state index contributed by atoms with van der Waals surface area (Å²) in [6, 6.07) is 11.1. The Bertz CT molecular complexity index is 1250. The maximum Gasteiger partial charge on any atom is 0.282 e. The number of aromatic nitrogens is 3. The average Bonchev–Trinajstić information content (AvgIpc) is 3.49. The summed E-state index contributed by atoms with van der Waals surface area (Å²) in [5, 5.41) is 6.45. The molecular formula is C26H27F4N5O2. The molecule has 1 saturated heterocycles. The van der Waals surface area contributed by atoms with E-state index in [0.717, 1.165) is 15.6 Å². The Morgan fingerprint density at radius 2 is 1.81 bits per heavy atom. The van der Waals surface area contributed by atoms with Crippen molar-refractivity contribution in [2.45, 2.75) is 57.4 Å². The quantitative estimate of drug-likeness (QED) is 0.357. The van der Waals surface area contributed by atoms with Crippen LogP contribution in [0.1, 0.15) is 61.2 Å². The minimum Gasteiger partial charge on any atom is -0.342 e. The molecular weight excluding hydrogens is 490 g/mol. The summed E-state index contributed by atoms with van der Waals surface area (Å²) in [5.41, 5.74) is 0.832. The summed E-state index contributed by atoms with van der Waals surface area (Å²) in [7, 11) is 0. The molecule has 0 spiro atoms. The number of carbonyl (C=O) groups is 2. The molecule has 0 aliphatic carbocycles. The van der Waals surface area contributed by atoms with Gasteiger partial charge in [-0.05, 0) is 23.6 Å². The van der Waals surface area contributed by atoms with E-state index >= 15 is 0 Å². The highest BCUT2D eigenvalue weighted by Gasteiger charge is 2.40. The van der Waals surface area contributed by atoms with Crippen molar-refractivity contribution in [1.82, 2.24) is 25.0 Å². The molecule has 3 atom stereocenters. The largest absolute Gasteiger partial charge is 0.342 e. The third-order valence-corrected chi connectivity index (χ3v) is 6.29. The number of benzene rings is 1. The number of alkyl halides is 3. The van der Waals surface area contributed by atoms with E-state index in [1.165, 1.54) is 6.20 Å². The van der Waals surface area contributed by atoms with Crippen LogP contribution in [-0.2, 0) is 16.1 Å². The van der Waals surface area contributed by atoms with Gasteiger partial charge in [-0.1, -0.05) is 50.2 Å². The molecule has 2 aromatic heterocycles. The Morgan fingerprint density at radius 3 is 2.43 bits per heavy atom. The van der Waals surface area contributed by atoms with Crippen molar-refractivity contribution in [2.24, 2.45) is 0 Å². The summed E-state index contributed by atoms with van der Waals surface area (Å²) in [5.74, 6) is -2.00. The molecule has 7 nitrogen and oxygen atoms in total. The van der Waals surface area contributed by atoms with Gasteiger partial charge in [0, 0.05) is 18.2 Å². The van der Waals surface area contributed by atoms with E-state index < -0.39 is 54.7 Å². The molecule has 3 aromatic rings. The predicted octanol–water partition coefficient (Wildman–Crippen LogP) is 4.32. The first kappa shape index (κ1) is 26.3. The fourth-order valence-electron chi connectivity index (χ4n) is 4.38. The van der Waals surface area contributed by atoms with Crippen LogP contribution in [0.4, 0.5) is 17.6 Å². The van der Waals surface area contributed by atoms with Crippen LogP contribution in [-0.4, -0.2) is 50.2 Å². The van der Waals surface area contributed by atoms with Crippen molar-refractivity contribution in [2.75, 3.05) is 6.54 Å².